The van der Waals surface area contributed by atoms with Gasteiger partial charge in [-0.15, -0.1) is 12.4 Å². The molecule has 1 aliphatic heterocycles. The van der Waals surface area contributed by atoms with Gasteiger partial charge < -0.3 is 19.9 Å². The molecule has 5 nitrogen and oxygen atoms in total. The van der Waals surface area contributed by atoms with Crippen molar-refractivity contribution in [3.8, 4) is 17.2 Å². The highest BCUT2D eigenvalue weighted by Gasteiger charge is 2.20. The molecule has 1 heterocycles. The van der Waals surface area contributed by atoms with Crippen molar-refractivity contribution in [3.63, 3.8) is 0 Å². The molecule has 6 heteroatoms. The van der Waals surface area contributed by atoms with E-state index in [2.05, 4.69) is 4.90 Å². The molecule has 0 amide bonds. The lowest BCUT2D eigenvalue weighted by molar-refractivity contribution is 0.312. The van der Waals surface area contributed by atoms with Crippen molar-refractivity contribution >= 4 is 12.4 Å². The standard InChI is InChI=1S/C14H22N2O3.ClH/c1-17-12-6-10(7-13(18-2)14(12)19-3)8-16-5-4-11(15)9-16;/h6-7,11H,4-5,8-9,15H2,1-3H3;1H. The van der Waals surface area contributed by atoms with Crippen LogP contribution in [0.4, 0.5) is 0 Å². The topological polar surface area (TPSA) is 57.0 Å². The highest BCUT2D eigenvalue weighted by Crippen LogP contribution is 2.38. The van der Waals surface area contributed by atoms with E-state index in [0.29, 0.717) is 23.3 Å². The van der Waals surface area contributed by atoms with Gasteiger partial charge in [0, 0.05) is 25.7 Å². The van der Waals surface area contributed by atoms with E-state index >= 15 is 0 Å². The minimum Gasteiger partial charge on any atom is -0.493 e. The van der Waals surface area contributed by atoms with Crippen LogP contribution < -0.4 is 19.9 Å². The van der Waals surface area contributed by atoms with Crippen LogP contribution in [0.2, 0.25) is 0 Å². The van der Waals surface area contributed by atoms with Gasteiger partial charge in [-0.25, -0.2) is 0 Å². The molecule has 1 unspecified atom stereocenters. The van der Waals surface area contributed by atoms with E-state index in [0.717, 1.165) is 31.6 Å². The van der Waals surface area contributed by atoms with E-state index < -0.39 is 0 Å². The van der Waals surface area contributed by atoms with Gasteiger partial charge in [0.25, 0.3) is 0 Å². The van der Waals surface area contributed by atoms with E-state index in [1.807, 2.05) is 12.1 Å². The smallest absolute Gasteiger partial charge is 0.203 e. The molecule has 0 spiro atoms. The van der Waals surface area contributed by atoms with Gasteiger partial charge >= 0.3 is 0 Å². The second kappa shape index (κ2) is 7.57. The van der Waals surface area contributed by atoms with Gasteiger partial charge in [0.1, 0.15) is 0 Å². The molecule has 1 atom stereocenters. The van der Waals surface area contributed by atoms with E-state index in [1.165, 1.54) is 0 Å². The summed E-state index contributed by atoms with van der Waals surface area (Å²) in [6, 6.07) is 4.28. The number of nitrogens with two attached hydrogens (primary N) is 1. The van der Waals surface area contributed by atoms with E-state index in [-0.39, 0.29) is 12.4 Å². The normalized spacial score (nSPS) is 18.5. The Kier molecular flexibility index (Phi) is 6.39. The second-order valence-electron chi connectivity index (χ2n) is 4.82. The number of nitrogens with zero attached hydrogens (tertiary/aromatic N) is 1. The number of rotatable bonds is 5. The first-order valence-corrected chi connectivity index (χ1v) is 6.44. The average Bonchev–Trinajstić information content (AvgIpc) is 2.82. The van der Waals surface area contributed by atoms with Crippen LogP contribution in [0.3, 0.4) is 0 Å². The van der Waals surface area contributed by atoms with Gasteiger partial charge in [-0.05, 0) is 24.1 Å². The van der Waals surface area contributed by atoms with Crippen LogP contribution in [-0.4, -0.2) is 45.4 Å². The van der Waals surface area contributed by atoms with Crippen LogP contribution in [0.1, 0.15) is 12.0 Å². The summed E-state index contributed by atoms with van der Waals surface area (Å²) in [5.74, 6) is 2.02. The number of likely N-dealkylation sites (tertiary alicyclic amines) is 1. The first-order valence-electron chi connectivity index (χ1n) is 6.44. The molecular weight excluding hydrogens is 280 g/mol. The number of ether oxygens (including phenoxy) is 3. The van der Waals surface area contributed by atoms with Gasteiger partial charge in [-0.2, -0.15) is 0 Å². The summed E-state index contributed by atoms with van der Waals surface area (Å²) in [7, 11) is 4.87. The van der Waals surface area contributed by atoms with Gasteiger partial charge in [0.05, 0.1) is 21.3 Å². The molecule has 1 aliphatic rings. The zero-order valence-corrected chi connectivity index (χ0v) is 13.0. The molecule has 20 heavy (non-hydrogen) atoms. The lowest BCUT2D eigenvalue weighted by atomic mass is 10.1. The quantitative estimate of drug-likeness (QED) is 0.896. The number of hydrogen-bond donors (Lipinski definition) is 1. The number of hydrogen-bond acceptors (Lipinski definition) is 5. The molecular formula is C14H23ClN2O3. The first kappa shape index (κ1) is 16.9. The van der Waals surface area contributed by atoms with Gasteiger partial charge in [-0.3, -0.25) is 4.90 Å². The fourth-order valence-corrected chi connectivity index (χ4v) is 2.49. The summed E-state index contributed by atoms with van der Waals surface area (Å²) in [5, 5.41) is 0. The maximum atomic E-state index is 5.93. The zero-order chi connectivity index (χ0) is 13.8. The summed E-state index contributed by atoms with van der Waals surface area (Å²) in [6.45, 7) is 2.83. The Morgan fingerprint density at radius 3 is 2.15 bits per heavy atom. The zero-order valence-electron chi connectivity index (χ0n) is 12.2. The Balaban J connectivity index is 0.00000200. The summed E-state index contributed by atoms with van der Waals surface area (Å²) >= 11 is 0. The van der Waals surface area contributed by atoms with Crippen LogP contribution in [0.25, 0.3) is 0 Å². The maximum Gasteiger partial charge on any atom is 0.203 e. The van der Waals surface area contributed by atoms with Crippen molar-refractivity contribution in [2.75, 3.05) is 34.4 Å². The van der Waals surface area contributed by atoms with Crippen molar-refractivity contribution < 1.29 is 14.2 Å². The van der Waals surface area contributed by atoms with Crippen molar-refractivity contribution in [2.24, 2.45) is 5.73 Å². The lowest BCUT2D eigenvalue weighted by Crippen LogP contribution is -2.26. The van der Waals surface area contributed by atoms with E-state index in [1.54, 1.807) is 21.3 Å². The monoisotopic (exact) mass is 302 g/mol. The predicted octanol–water partition coefficient (Wildman–Crippen LogP) is 1.67. The summed E-state index contributed by atoms with van der Waals surface area (Å²) in [4.78, 5) is 2.34. The Morgan fingerprint density at radius 1 is 1.15 bits per heavy atom. The number of benzene rings is 1. The first-order chi connectivity index (χ1) is 9.17. The van der Waals surface area contributed by atoms with Crippen LogP contribution in [0.5, 0.6) is 17.2 Å². The van der Waals surface area contributed by atoms with E-state index in [4.69, 9.17) is 19.9 Å². The largest absolute Gasteiger partial charge is 0.493 e. The maximum absolute atomic E-state index is 5.93. The third-order valence-electron chi connectivity index (χ3n) is 3.44. The van der Waals surface area contributed by atoms with Crippen molar-refractivity contribution in [1.82, 2.24) is 4.90 Å². The highest BCUT2D eigenvalue weighted by molar-refractivity contribution is 5.85. The van der Waals surface area contributed by atoms with Crippen LogP contribution in [0, 0.1) is 0 Å². The van der Waals surface area contributed by atoms with Crippen LogP contribution in [0.15, 0.2) is 12.1 Å². The molecule has 1 saturated heterocycles. The van der Waals surface area contributed by atoms with Crippen LogP contribution in [-0.2, 0) is 6.54 Å². The van der Waals surface area contributed by atoms with Gasteiger partial charge in [0.15, 0.2) is 11.5 Å². The molecule has 114 valence electrons. The Labute approximate surface area is 126 Å². The molecule has 1 fully saturated rings. The minimum absolute atomic E-state index is 0. The summed E-state index contributed by atoms with van der Waals surface area (Å²) < 4.78 is 16.0. The number of methoxy groups -OCH3 is 3. The third kappa shape index (κ3) is 3.69. The molecule has 1 aromatic rings. The molecule has 2 rings (SSSR count). The fourth-order valence-electron chi connectivity index (χ4n) is 2.49. The minimum atomic E-state index is 0. The van der Waals surface area contributed by atoms with E-state index in [9.17, 15) is 0 Å². The van der Waals surface area contributed by atoms with Crippen molar-refractivity contribution in [2.45, 2.75) is 19.0 Å². The van der Waals surface area contributed by atoms with Crippen molar-refractivity contribution in [1.29, 1.82) is 0 Å². The third-order valence-corrected chi connectivity index (χ3v) is 3.44. The van der Waals surface area contributed by atoms with Crippen LogP contribution >= 0.6 is 12.4 Å². The Morgan fingerprint density at radius 2 is 1.75 bits per heavy atom. The average molecular weight is 303 g/mol. The Bertz CT molecular complexity index is 417. The summed E-state index contributed by atoms with van der Waals surface area (Å²) in [5.41, 5.74) is 7.07. The molecule has 0 saturated carbocycles. The highest BCUT2D eigenvalue weighted by atomic mass is 35.5. The molecule has 2 N–H and O–H groups in total. The SMILES string of the molecule is COc1cc(CN2CCC(N)C2)cc(OC)c1OC.Cl. The molecule has 0 aromatic heterocycles. The Hall–Kier alpha value is -1.17. The van der Waals surface area contributed by atoms with Gasteiger partial charge in [-0.1, -0.05) is 0 Å². The molecule has 0 radical (unpaired) electrons. The predicted molar refractivity (Wildman–Crippen MR) is 81.2 cm³/mol. The van der Waals surface area contributed by atoms with Crippen molar-refractivity contribution in [3.05, 3.63) is 17.7 Å². The second-order valence-corrected chi connectivity index (χ2v) is 4.82. The van der Waals surface area contributed by atoms with Gasteiger partial charge in [0.2, 0.25) is 5.75 Å². The fraction of sp³-hybridized carbons (Fsp3) is 0.571. The molecule has 0 bridgehead atoms. The molecule has 0 aliphatic carbocycles. The number of halogens is 1. The lowest BCUT2D eigenvalue weighted by Gasteiger charge is -2.18. The summed E-state index contributed by atoms with van der Waals surface area (Å²) in [6.07, 6.45) is 1.06. The molecule has 1 aromatic carbocycles.